The molecule has 1 aromatic heterocycles. The van der Waals surface area contributed by atoms with Crippen molar-refractivity contribution in [2.45, 2.75) is 26.2 Å². The average molecular weight is 514 g/mol. The average Bonchev–Trinajstić information content (AvgIpc) is 2.91. The number of methoxy groups -OCH3 is 1. The molecular weight excluding hydrogens is 482 g/mol. The van der Waals surface area contributed by atoms with Crippen molar-refractivity contribution in [3.05, 3.63) is 143 Å². The lowest BCUT2D eigenvalue weighted by molar-refractivity contribution is 0.281. The second-order valence-electron chi connectivity index (χ2n) is 7.79. The van der Waals surface area contributed by atoms with Gasteiger partial charge in [0.1, 0.15) is 5.76 Å². The summed E-state index contributed by atoms with van der Waals surface area (Å²) in [5.41, 5.74) is 0.497. The lowest BCUT2D eigenvalue weighted by atomic mass is 9.99. The predicted octanol–water partition coefficient (Wildman–Crippen LogP) is 8.37. The summed E-state index contributed by atoms with van der Waals surface area (Å²) in [5.74, 6) is -5.02. The Morgan fingerprint density at radius 2 is 1.65 bits per heavy atom. The Morgan fingerprint density at radius 1 is 1.00 bits per heavy atom. The molecule has 196 valence electrons. The maximum atomic E-state index is 14.5. The molecule has 2 rings (SSSR count). The van der Waals surface area contributed by atoms with Crippen LogP contribution in [0, 0.1) is 11.6 Å². The first-order chi connectivity index (χ1) is 17.5. The highest BCUT2D eigenvalue weighted by molar-refractivity contribution is 5.63. The van der Waals surface area contributed by atoms with Crippen LogP contribution in [0.25, 0.3) is 11.1 Å². The standard InChI is InChI=1S/C26H23F4NO2.C4H8/c1-15(6-8-16(2)17(3)23(27)24(28)18(4)33-5)7-9-19-10-12-21(26(30)25(19)29)20-11-13-22(32)31-14-20;1-3-4-2/h6,8,10-14H,1-4,7,9H2,5H3,(H,31,32);3H,1,4H2,2H3/b8-6-,24-23-;. The van der Waals surface area contributed by atoms with Crippen LogP contribution in [-0.2, 0) is 11.2 Å². The molecule has 0 radical (unpaired) electrons. The van der Waals surface area contributed by atoms with Crippen LogP contribution in [-0.4, -0.2) is 12.1 Å². The van der Waals surface area contributed by atoms with E-state index in [4.69, 9.17) is 0 Å². The third kappa shape index (κ3) is 9.11. The molecule has 0 spiro atoms. The van der Waals surface area contributed by atoms with Gasteiger partial charge in [-0.1, -0.05) is 69.2 Å². The fraction of sp³-hybridized carbons (Fsp3) is 0.167. The summed E-state index contributed by atoms with van der Waals surface area (Å²) >= 11 is 0. The van der Waals surface area contributed by atoms with Crippen LogP contribution in [0.3, 0.4) is 0 Å². The summed E-state index contributed by atoms with van der Waals surface area (Å²) in [6, 6.07) is 5.52. The van der Waals surface area contributed by atoms with Crippen LogP contribution in [0.5, 0.6) is 0 Å². The van der Waals surface area contributed by atoms with Crippen molar-refractivity contribution in [1.29, 1.82) is 0 Å². The van der Waals surface area contributed by atoms with Crippen molar-refractivity contribution in [3.63, 3.8) is 0 Å². The molecule has 37 heavy (non-hydrogen) atoms. The maximum absolute atomic E-state index is 14.5. The van der Waals surface area contributed by atoms with E-state index in [2.05, 4.69) is 49.5 Å². The molecule has 0 saturated carbocycles. The van der Waals surface area contributed by atoms with E-state index in [1.54, 1.807) is 0 Å². The van der Waals surface area contributed by atoms with E-state index in [9.17, 15) is 22.4 Å². The second-order valence-corrected chi connectivity index (χ2v) is 7.79. The normalized spacial score (nSPS) is 11.2. The van der Waals surface area contributed by atoms with Crippen molar-refractivity contribution in [1.82, 2.24) is 4.98 Å². The van der Waals surface area contributed by atoms with Crippen LogP contribution in [0.4, 0.5) is 17.6 Å². The zero-order chi connectivity index (χ0) is 28.1. The van der Waals surface area contributed by atoms with Crippen molar-refractivity contribution in [3.8, 4) is 11.1 Å². The molecule has 1 aromatic carbocycles. The van der Waals surface area contributed by atoms with Gasteiger partial charge < -0.3 is 9.72 Å². The number of aryl methyl sites for hydroxylation is 1. The second kappa shape index (κ2) is 15.1. The first-order valence-electron chi connectivity index (χ1n) is 11.3. The van der Waals surface area contributed by atoms with E-state index in [0.29, 0.717) is 11.1 Å². The molecule has 0 aliphatic rings. The van der Waals surface area contributed by atoms with E-state index in [0.717, 1.165) is 13.5 Å². The molecule has 0 amide bonds. The van der Waals surface area contributed by atoms with Gasteiger partial charge in [-0.2, -0.15) is 4.39 Å². The van der Waals surface area contributed by atoms with Gasteiger partial charge in [0.05, 0.1) is 7.11 Å². The SMILES string of the molecule is C=C(/C=C\C(=C)C(=C)/C(F)=C(/F)C(=C)OC)CCc1ccc(-c2ccc(=O)[nH]c2)c(F)c1F.C=CCC. The first-order valence-corrected chi connectivity index (χ1v) is 11.3. The van der Waals surface area contributed by atoms with E-state index in [1.807, 2.05) is 6.08 Å². The minimum atomic E-state index is -1.28. The van der Waals surface area contributed by atoms with Gasteiger partial charge in [0.2, 0.25) is 11.4 Å². The Kier molecular flexibility index (Phi) is 12.6. The third-order valence-corrected chi connectivity index (χ3v) is 5.12. The fourth-order valence-electron chi connectivity index (χ4n) is 2.77. The van der Waals surface area contributed by atoms with Gasteiger partial charge in [0.25, 0.3) is 0 Å². The van der Waals surface area contributed by atoms with Crippen LogP contribution in [0.15, 0.2) is 121 Å². The maximum Gasteiger partial charge on any atom is 0.247 e. The number of halogens is 4. The number of hydrogen-bond donors (Lipinski definition) is 1. The van der Waals surface area contributed by atoms with Crippen molar-refractivity contribution in [2.75, 3.05) is 7.11 Å². The molecule has 3 nitrogen and oxygen atoms in total. The topological polar surface area (TPSA) is 42.1 Å². The highest BCUT2D eigenvalue weighted by atomic mass is 19.2. The molecule has 0 atom stereocenters. The molecule has 1 N–H and O–H groups in total. The molecule has 0 aliphatic heterocycles. The summed E-state index contributed by atoms with van der Waals surface area (Å²) in [7, 11) is 1.16. The molecule has 7 heteroatoms. The van der Waals surface area contributed by atoms with Crippen LogP contribution in [0.1, 0.15) is 25.3 Å². The van der Waals surface area contributed by atoms with Gasteiger partial charge in [-0.25, -0.2) is 13.2 Å². The number of H-pyrrole nitrogens is 1. The zero-order valence-corrected chi connectivity index (χ0v) is 21.1. The Balaban J connectivity index is 0.00000159. The Bertz CT molecular complexity index is 1280. The summed E-state index contributed by atoms with van der Waals surface area (Å²) in [6.07, 6.45) is 7.60. The quantitative estimate of drug-likeness (QED) is 0.142. The summed E-state index contributed by atoms with van der Waals surface area (Å²) in [5, 5.41) is 0. The third-order valence-electron chi connectivity index (χ3n) is 5.12. The van der Waals surface area contributed by atoms with E-state index in [1.165, 1.54) is 42.6 Å². The van der Waals surface area contributed by atoms with E-state index >= 15 is 0 Å². The summed E-state index contributed by atoms with van der Waals surface area (Å²) in [6.45, 7) is 19.7. The molecule has 1 heterocycles. The molecule has 0 bridgehead atoms. The number of rotatable bonds is 11. The van der Waals surface area contributed by atoms with Gasteiger partial charge in [-0.05, 0) is 36.5 Å². The van der Waals surface area contributed by atoms with Gasteiger partial charge in [0.15, 0.2) is 17.5 Å². The number of aromatic amines is 1. The largest absolute Gasteiger partial charge is 0.494 e. The highest BCUT2D eigenvalue weighted by Crippen LogP contribution is 2.28. The Hall–Kier alpha value is -4.13. The van der Waals surface area contributed by atoms with Crippen LogP contribution in [0.2, 0.25) is 0 Å². The number of ether oxygens (including phenoxy) is 1. The van der Waals surface area contributed by atoms with E-state index < -0.39 is 29.0 Å². The number of hydrogen-bond acceptors (Lipinski definition) is 2. The molecular formula is C30H31F4NO2. The molecule has 0 aliphatic carbocycles. The van der Waals surface area contributed by atoms with E-state index in [-0.39, 0.29) is 40.7 Å². The smallest absolute Gasteiger partial charge is 0.247 e. The zero-order valence-electron chi connectivity index (χ0n) is 21.1. The molecule has 0 saturated heterocycles. The summed E-state index contributed by atoms with van der Waals surface area (Å²) < 4.78 is 61.5. The monoisotopic (exact) mass is 513 g/mol. The van der Waals surface area contributed by atoms with Gasteiger partial charge in [0, 0.05) is 29.0 Å². The number of pyridine rings is 1. The lowest BCUT2D eigenvalue weighted by Gasteiger charge is -2.09. The lowest BCUT2D eigenvalue weighted by Crippen LogP contribution is -2.03. The minimum Gasteiger partial charge on any atom is -0.494 e. The fourth-order valence-corrected chi connectivity index (χ4v) is 2.77. The number of aromatic nitrogens is 1. The van der Waals surface area contributed by atoms with Crippen molar-refractivity contribution >= 4 is 0 Å². The first kappa shape index (κ1) is 30.9. The van der Waals surface area contributed by atoms with Crippen molar-refractivity contribution in [2.24, 2.45) is 0 Å². The number of allylic oxidation sites excluding steroid dienone is 8. The van der Waals surface area contributed by atoms with Crippen LogP contribution < -0.4 is 5.56 Å². The Morgan fingerprint density at radius 3 is 2.19 bits per heavy atom. The predicted molar refractivity (Wildman–Crippen MR) is 143 cm³/mol. The molecule has 0 fully saturated rings. The molecule has 0 unspecified atom stereocenters. The van der Waals surface area contributed by atoms with Crippen molar-refractivity contribution < 1.29 is 22.3 Å². The van der Waals surface area contributed by atoms with Crippen LogP contribution >= 0.6 is 0 Å². The highest BCUT2D eigenvalue weighted by Gasteiger charge is 2.16. The van der Waals surface area contributed by atoms with Gasteiger partial charge in [-0.15, -0.1) is 6.58 Å². The number of benzene rings is 1. The summed E-state index contributed by atoms with van der Waals surface area (Å²) in [4.78, 5) is 13.6. The van der Waals surface area contributed by atoms with Gasteiger partial charge >= 0.3 is 0 Å². The minimum absolute atomic E-state index is 0.0273. The van der Waals surface area contributed by atoms with Gasteiger partial charge in [-0.3, -0.25) is 4.79 Å². The Labute approximate surface area is 215 Å². The molecule has 2 aromatic rings. The number of nitrogens with one attached hydrogen (secondary N) is 1.